The molecule has 1 aliphatic heterocycles. The van der Waals surface area contributed by atoms with Gasteiger partial charge in [-0.05, 0) is 37.0 Å². The largest absolute Gasteiger partial charge is 0.508 e. The molecule has 1 aromatic rings. The maximum Gasteiger partial charge on any atom is 0.320 e. The van der Waals surface area contributed by atoms with E-state index in [9.17, 15) is 9.90 Å². The lowest BCUT2D eigenvalue weighted by molar-refractivity contribution is -0.140. The second-order valence-electron chi connectivity index (χ2n) is 4.13. The molecule has 0 radical (unpaired) electrons. The summed E-state index contributed by atoms with van der Waals surface area (Å²) in [4.78, 5) is 10.9. The summed E-state index contributed by atoms with van der Waals surface area (Å²) in [6, 6.07) is 6.54. The average Bonchev–Trinajstić information content (AvgIpc) is 2.30. The number of benzene rings is 1. The van der Waals surface area contributed by atoms with E-state index >= 15 is 0 Å². The Hall–Kier alpha value is -1.55. The predicted molar refractivity (Wildman–Crippen MR) is 59.3 cm³/mol. The Balaban J connectivity index is 2.09. The van der Waals surface area contributed by atoms with Gasteiger partial charge in [-0.2, -0.15) is 0 Å². The number of carbonyl (C=O) groups is 1. The third-order valence-electron chi connectivity index (χ3n) is 2.98. The van der Waals surface area contributed by atoms with Crippen molar-refractivity contribution < 1.29 is 15.0 Å². The number of aromatic hydroxyl groups is 1. The second kappa shape index (κ2) is 4.53. The number of piperidine rings is 1. The molecule has 1 saturated heterocycles. The number of phenols is 1. The third-order valence-corrected chi connectivity index (χ3v) is 2.98. The normalized spacial score (nSPS) is 25.2. The van der Waals surface area contributed by atoms with E-state index in [2.05, 4.69) is 5.32 Å². The summed E-state index contributed by atoms with van der Waals surface area (Å²) < 4.78 is 0. The smallest absolute Gasteiger partial charge is 0.320 e. The number of rotatable bonds is 2. The van der Waals surface area contributed by atoms with Crippen LogP contribution in [-0.4, -0.2) is 22.2 Å². The van der Waals surface area contributed by atoms with Crippen LogP contribution in [0.25, 0.3) is 0 Å². The number of carboxylic acids is 1. The van der Waals surface area contributed by atoms with Crippen molar-refractivity contribution in [3.8, 4) is 5.75 Å². The second-order valence-corrected chi connectivity index (χ2v) is 4.13. The minimum Gasteiger partial charge on any atom is -0.508 e. The summed E-state index contributed by atoms with van der Waals surface area (Å²) in [5, 5.41) is 21.2. The first kappa shape index (κ1) is 11.0. The van der Waals surface area contributed by atoms with Gasteiger partial charge in [0.15, 0.2) is 0 Å². The van der Waals surface area contributed by atoms with Gasteiger partial charge in [0.25, 0.3) is 0 Å². The highest BCUT2D eigenvalue weighted by molar-refractivity contribution is 5.73. The number of hydrogen-bond acceptors (Lipinski definition) is 3. The van der Waals surface area contributed by atoms with E-state index in [4.69, 9.17) is 5.11 Å². The van der Waals surface area contributed by atoms with Crippen molar-refractivity contribution in [1.82, 2.24) is 5.32 Å². The van der Waals surface area contributed by atoms with Crippen LogP contribution in [0, 0.1) is 0 Å². The van der Waals surface area contributed by atoms with Crippen LogP contribution in [-0.2, 0) is 4.79 Å². The first-order chi connectivity index (χ1) is 7.66. The third kappa shape index (κ3) is 2.33. The lowest BCUT2D eigenvalue weighted by atomic mass is 9.93. The van der Waals surface area contributed by atoms with Gasteiger partial charge >= 0.3 is 5.97 Å². The fourth-order valence-electron chi connectivity index (χ4n) is 2.10. The molecule has 2 rings (SSSR count). The van der Waals surface area contributed by atoms with E-state index in [1.807, 2.05) is 12.1 Å². The molecule has 1 heterocycles. The van der Waals surface area contributed by atoms with E-state index in [1.165, 1.54) is 0 Å². The highest BCUT2D eigenvalue weighted by atomic mass is 16.4. The zero-order valence-corrected chi connectivity index (χ0v) is 8.89. The quantitative estimate of drug-likeness (QED) is 0.710. The zero-order valence-electron chi connectivity index (χ0n) is 8.89. The molecule has 2 atom stereocenters. The van der Waals surface area contributed by atoms with Crippen LogP contribution in [0.15, 0.2) is 24.3 Å². The van der Waals surface area contributed by atoms with E-state index in [0.717, 1.165) is 18.4 Å². The minimum atomic E-state index is -0.788. The van der Waals surface area contributed by atoms with E-state index in [1.54, 1.807) is 12.1 Å². The molecule has 0 amide bonds. The molecule has 86 valence electrons. The number of aliphatic carboxylic acids is 1. The summed E-state index contributed by atoms with van der Waals surface area (Å²) >= 11 is 0. The fourth-order valence-corrected chi connectivity index (χ4v) is 2.10. The fraction of sp³-hybridized carbons (Fsp3) is 0.417. The first-order valence-electron chi connectivity index (χ1n) is 5.44. The minimum absolute atomic E-state index is 0.0791. The lowest BCUT2D eigenvalue weighted by Gasteiger charge is -2.28. The van der Waals surface area contributed by atoms with Crippen molar-refractivity contribution in [3.05, 3.63) is 29.8 Å². The Labute approximate surface area is 93.9 Å². The van der Waals surface area contributed by atoms with Gasteiger partial charge in [0.2, 0.25) is 0 Å². The molecule has 0 aliphatic carbocycles. The summed E-state index contributed by atoms with van der Waals surface area (Å²) in [6.07, 6.45) is 2.54. The number of phenolic OH excluding ortho intramolecular Hbond substituents is 1. The van der Waals surface area contributed by atoms with E-state index in [-0.39, 0.29) is 11.8 Å². The lowest BCUT2D eigenvalue weighted by Crippen LogP contribution is -2.42. The van der Waals surface area contributed by atoms with Crippen LogP contribution in [0.2, 0.25) is 0 Å². The van der Waals surface area contributed by atoms with Gasteiger partial charge in [-0.25, -0.2) is 0 Å². The van der Waals surface area contributed by atoms with Gasteiger partial charge in [0.05, 0.1) is 0 Å². The van der Waals surface area contributed by atoms with Crippen molar-refractivity contribution in [3.63, 3.8) is 0 Å². The van der Waals surface area contributed by atoms with Crippen LogP contribution >= 0.6 is 0 Å². The Morgan fingerprint density at radius 3 is 2.56 bits per heavy atom. The SMILES string of the molecule is O=C(O)C1CCCC(c2ccc(O)cc2)N1. The Kier molecular flexibility index (Phi) is 3.10. The standard InChI is InChI=1S/C12H15NO3/c14-9-6-4-8(5-7-9)10-2-1-3-11(13-10)12(15)16/h4-7,10-11,13-14H,1-3H2,(H,15,16). The van der Waals surface area contributed by atoms with Crippen LogP contribution in [0.3, 0.4) is 0 Å². The molecule has 4 heteroatoms. The summed E-state index contributed by atoms with van der Waals surface area (Å²) in [5.74, 6) is -0.558. The number of nitrogens with one attached hydrogen (secondary N) is 1. The van der Waals surface area contributed by atoms with E-state index in [0.29, 0.717) is 6.42 Å². The summed E-state index contributed by atoms with van der Waals surface area (Å²) in [7, 11) is 0. The molecule has 0 bridgehead atoms. The van der Waals surface area contributed by atoms with Crippen molar-refractivity contribution >= 4 is 5.97 Å². The van der Waals surface area contributed by atoms with Gasteiger partial charge < -0.3 is 10.2 Å². The van der Waals surface area contributed by atoms with Gasteiger partial charge in [-0.1, -0.05) is 12.1 Å². The van der Waals surface area contributed by atoms with Crippen LogP contribution in [0.4, 0.5) is 0 Å². The van der Waals surface area contributed by atoms with Crippen molar-refractivity contribution in [2.24, 2.45) is 0 Å². The highest BCUT2D eigenvalue weighted by Gasteiger charge is 2.26. The number of carboxylic acid groups (broad SMARTS) is 1. The molecule has 1 fully saturated rings. The maximum absolute atomic E-state index is 10.9. The average molecular weight is 221 g/mol. The van der Waals surface area contributed by atoms with Crippen molar-refractivity contribution in [1.29, 1.82) is 0 Å². The molecule has 4 nitrogen and oxygen atoms in total. The molecule has 16 heavy (non-hydrogen) atoms. The molecular formula is C12H15NO3. The van der Waals surface area contributed by atoms with Crippen LogP contribution in [0.5, 0.6) is 5.75 Å². The van der Waals surface area contributed by atoms with Crippen molar-refractivity contribution in [2.75, 3.05) is 0 Å². The van der Waals surface area contributed by atoms with Gasteiger partial charge in [-0.15, -0.1) is 0 Å². The Bertz CT molecular complexity index is 374. The molecular weight excluding hydrogens is 206 g/mol. The van der Waals surface area contributed by atoms with Crippen LogP contribution in [0.1, 0.15) is 30.9 Å². The maximum atomic E-state index is 10.9. The molecule has 0 saturated carbocycles. The zero-order chi connectivity index (χ0) is 11.5. The van der Waals surface area contributed by atoms with Gasteiger partial charge in [-0.3, -0.25) is 10.1 Å². The molecule has 3 N–H and O–H groups in total. The molecule has 2 unspecified atom stereocenters. The highest BCUT2D eigenvalue weighted by Crippen LogP contribution is 2.26. The summed E-state index contributed by atoms with van der Waals surface area (Å²) in [5.41, 5.74) is 1.03. The molecule has 0 aromatic heterocycles. The summed E-state index contributed by atoms with van der Waals surface area (Å²) in [6.45, 7) is 0. The molecule has 0 spiro atoms. The topological polar surface area (TPSA) is 69.6 Å². The monoisotopic (exact) mass is 221 g/mol. The predicted octanol–water partition coefficient (Wildman–Crippen LogP) is 1.66. The van der Waals surface area contributed by atoms with Crippen molar-refractivity contribution in [2.45, 2.75) is 31.3 Å². The van der Waals surface area contributed by atoms with Crippen LogP contribution < -0.4 is 5.32 Å². The van der Waals surface area contributed by atoms with E-state index < -0.39 is 12.0 Å². The Morgan fingerprint density at radius 2 is 1.94 bits per heavy atom. The van der Waals surface area contributed by atoms with Gasteiger partial charge in [0, 0.05) is 6.04 Å². The number of hydrogen-bond donors (Lipinski definition) is 3. The Morgan fingerprint density at radius 1 is 1.25 bits per heavy atom. The first-order valence-corrected chi connectivity index (χ1v) is 5.44. The van der Waals surface area contributed by atoms with Gasteiger partial charge in [0.1, 0.15) is 11.8 Å². The molecule has 1 aliphatic rings. The molecule has 1 aromatic carbocycles.